The van der Waals surface area contributed by atoms with Crippen LogP contribution in [0.2, 0.25) is 0 Å². The second kappa shape index (κ2) is 9.98. The highest BCUT2D eigenvalue weighted by atomic mass is 16.4. The first kappa shape index (κ1) is 18.2. The van der Waals surface area contributed by atoms with Gasteiger partial charge in [0.15, 0.2) is 0 Å². The monoisotopic (exact) mass is 305 g/mol. The molecule has 0 spiro atoms. The van der Waals surface area contributed by atoms with E-state index >= 15 is 0 Å². The van der Waals surface area contributed by atoms with Crippen molar-refractivity contribution in [1.29, 1.82) is 0 Å². The molecule has 4 nitrogen and oxygen atoms in total. The lowest BCUT2D eigenvalue weighted by Gasteiger charge is -2.18. The zero-order valence-electron chi connectivity index (χ0n) is 13.5. The first-order valence-electron chi connectivity index (χ1n) is 8.12. The number of carbonyl (C=O) groups excluding carboxylic acids is 1. The summed E-state index contributed by atoms with van der Waals surface area (Å²) in [6.45, 7) is 4.31. The van der Waals surface area contributed by atoms with E-state index < -0.39 is 11.9 Å². The SMILES string of the molecule is CCCC(CCC)C(=O)NCC(Cc1ccccc1)C(=O)O. The summed E-state index contributed by atoms with van der Waals surface area (Å²) < 4.78 is 0. The number of amides is 1. The normalized spacial score (nSPS) is 12.1. The Balaban J connectivity index is 2.56. The van der Waals surface area contributed by atoms with Crippen molar-refractivity contribution >= 4 is 11.9 Å². The van der Waals surface area contributed by atoms with E-state index in [9.17, 15) is 14.7 Å². The summed E-state index contributed by atoms with van der Waals surface area (Å²) >= 11 is 0. The standard InChI is InChI=1S/C18H27NO3/c1-3-8-15(9-4-2)17(20)19-13-16(18(21)22)12-14-10-6-5-7-11-14/h5-7,10-11,15-16H,3-4,8-9,12-13H2,1-2H3,(H,19,20)(H,21,22). The highest BCUT2D eigenvalue weighted by Gasteiger charge is 2.22. The average molecular weight is 305 g/mol. The van der Waals surface area contributed by atoms with Crippen LogP contribution >= 0.6 is 0 Å². The summed E-state index contributed by atoms with van der Waals surface area (Å²) in [4.78, 5) is 23.6. The van der Waals surface area contributed by atoms with Gasteiger partial charge >= 0.3 is 5.97 Å². The minimum atomic E-state index is -0.869. The number of carbonyl (C=O) groups is 2. The number of aliphatic carboxylic acids is 1. The van der Waals surface area contributed by atoms with Crippen molar-refractivity contribution in [3.63, 3.8) is 0 Å². The molecule has 1 atom stereocenters. The molecule has 1 aromatic rings. The summed E-state index contributed by atoms with van der Waals surface area (Å²) in [7, 11) is 0. The molecule has 0 bridgehead atoms. The molecule has 4 heteroatoms. The van der Waals surface area contributed by atoms with Crippen molar-refractivity contribution < 1.29 is 14.7 Å². The quantitative estimate of drug-likeness (QED) is 0.697. The van der Waals surface area contributed by atoms with E-state index in [1.54, 1.807) is 0 Å². The molecule has 1 amide bonds. The summed E-state index contributed by atoms with van der Waals surface area (Å²) in [5, 5.41) is 12.2. The van der Waals surface area contributed by atoms with Crippen molar-refractivity contribution in [1.82, 2.24) is 5.32 Å². The summed E-state index contributed by atoms with van der Waals surface area (Å²) in [6, 6.07) is 9.52. The first-order chi connectivity index (χ1) is 10.6. The Morgan fingerprint density at radius 3 is 2.14 bits per heavy atom. The Morgan fingerprint density at radius 2 is 1.64 bits per heavy atom. The minimum absolute atomic E-state index is 0.00108. The minimum Gasteiger partial charge on any atom is -0.481 e. The predicted octanol–water partition coefficient (Wildman–Crippen LogP) is 3.26. The lowest BCUT2D eigenvalue weighted by atomic mass is 9.96. The van der Waals surface area contributed by atoms with Crippen LogP contribution < -0.4 is 5.32 Å². The van der Waals surface area contributed by atoms with Crippen LogP contribution in [0.1, 0.15) is 45.1 Å². The lowest BCUT2D eigenvalue weighted by Crippen LogP contribution is -2.37. The third-order valence-corrected chi connectivity index (χ3v) is 3.84. The molecule has 0 fully saturated rings. The number of carboxylic acids is 1. The molecule has 0 aliphatic heterocycles. The van der Waals surface area contributed by atoms with Crippen molar-refractivity contribution in [2.45, 2.75) is 46.0 Å². The molecule has 0 aromatic heterocycles. The summed E-state index contributed by atoms with van der Waals surface area (Å²) in [5.74, 6) is -1.47. The molecule has 122 valence electrons. The van der Waals surface area contributed by atoms with Gasteiger partial charge in [-0.2, -0.15) is 0 Å². The van der Waals surface area contributed by atoms with E-state index in [4.69, 9.17) is 0 Å². The lowest BCUT2D eigenvalue weighted by molar-refractivity contribution is -0.141. The van der Waals surface area contributed by atoms with Crippen LogP contribution in [-0.4, -0.2) is 23.5 Å². The van der Waals surface area contributed by atoms with Crippen molar-refractivity contribution in [3.05, 3.63) is 35.9 Å². The molecule has 22 heavy (non-hydrogen) atoms. The van der Waals surface area contributed by atoms with E-state index in [1.807, 2.05) is 30.3 Å². The van der Waals surface area contributed by atoms with E-state index in [-0.39, 0.29) is 18.4 Å². The van der Waals surface area contributed by atoms with Gasteiger partial charge in [-0.05, 0) is 24.8 Å². The van der Waals surface area contributed by atoms with Gasteiger partial charge < -0.3 is 10.4 Å². The molecular weight excluding hydrogens is 278 g/mol. The van der Waals surface area contributed by atoms with Gasteiger partial charge in [-0.25, -0.2) is 0 Å². The molecule has 0 aliphatic rings. The maximum absolute atomic E-state index is 12.2. The molecule has 0 heterocycles. The number of hydrogen-bond acceptors (Lipinski definition) is 2. The molecular formula is C18H27NO3. The summed E-state index contributed by atoms with van der Waals surface area (Å²) in [5.41, 5.74) is 0.975. The molecule has 0 aliphatic carbocycles. The zero-order valence-corrected chi connectivity index (χ0v) is 13.5. The van der Waals surface area contributed by atoms with Gasteiger partial charge in [0, 0.05) is 12.5 Å². The Hall–Kier alpha value is -1.84. The van der Waals surface area contributed by atoms with Gasteiger partial charge in [-0.1, -0.05) is 57.0 Å². The van der Waals surface area contributed by atoms with E-state index in [0.29, 0.717) is 6.42 Å². The fraction of sp³-hybridized carbons (Fsp3) is 0.556. The van der Waals surface area contributed by atoms with Gasteiger partial charge in [-0.15, -0.1) is 0 Å². The Labute approximate surface area is 132 Å². The number of nitrogens with one attached hydrogen (secondary N) is 1. The van der Waals surface area contributed by atoms with Crippen LogP contribution in [-0.2, 0) is 16.0 Å². The molecule has 0 saturated carbocycles. The Kier molecular flexibility index (Phi) is 8.26. The number of carboxylic acid groups (broad SMARTS) is 1. The Morgan fingerprint density at radius 1 is 1.05 bits per heavy atom. The first-order valence-corrected chi connectivity index (χ1v) is 8.12. The summed E-state index contributed by atoms with van der Waals surface area (Å²) in [6.07, 6.45) is 4.07. The topological polar surface area (TPSA) is 66.4 Å². The molecule has 1 rings (SSSR count). The second-order valence-electron chi connectivity index (χ2n) is 5.74. The van der Waals surface area contributed by atoms with E-state index in [2.05, 4.69) is 19.2 Å². The highest BCUT2D eigenvalue weighted by molar-refractivity contribution is 5.79. The second-order valence-corrected chi connectivity index (χ2v) is 5.74. The fourth-order valence-electron chi connectivity index (χ4n) is 2.62. The van der Waals surface area contributed by atoms with Crippen LogP contribution in [0.3, 0.4) is 0 Å². The van der Waals surface area contributed by atoms with Gasteiger partial charge in [-0.3, -0.25) is 9.59 Å². The van der Waals surface area contributed by atoms with Gasteiger partial charge in [0.2, 0.25) is 5.91 Å². The molecule has 1 unspecified atom stereocenters. The maximum Gasteiger partial charge on any atom is 0.308 e. The largest absolute Gasteiger partial charge is 0.481 e. The van der Waals surface area contributed by atoms with Crippen molar-refractivity contribution in [2.75, 3.05) is 6.54 Å². The zero-order chi connectivity index (χ0) is 16.4. The fourth-order valence-corrected chi connectivity index (χ4v) is 2.62. The van der Waals surface area contributed by atoms with Crippen LogP contribution in [0.4, 0.5) is 0 Å². The predicted molar refractivity (Wildman–Crippen MR) is 87.6 cm³/mol. The van der Waals surface area contributed by atoms with Crippen LogP contribution in [0.5, 0.6) is 0 Å². The van der Waals surface area contributed by atoms with Gasteiger partial charge in [0.1, 0.15) is 0 Å². The number of hydrogen-bond donors (Lipinski definition) is 2. The van der Waals surface area contributed by atoms with E-state index in [0.717, 1.165) is 31.2 Å². The number of benzene rings is 1. The average Bonchev–Trinajstić information content (AvgIpc) is 2.51. The van der Waals surface area contributed by atoms with Gasteiger partial charge in [0.05, 0.1) is 5.92 Å². The third-order valence-electron chi connectivity index (χ3n) is 3.84. The molecule has 0 radical (unpaired) electrons. The maximum atomic E-state index is 12.2. The molecule has 1 aromatic carbocycles. The van der Waals surface area contributed by atoms with Crippen LogP contribution in [0.15, 0.2) is 30.3 Å². The molecule has 2 N–H and O–H groups in total. The molecule has 0 saturated heterocycles. The Bertz CT molecular complexity index is 453. The number of rotatable bonds is 10. The van der Waals surface area contributed by atoms with Crippen molar-refractivity contribution in [2.24, 2.45) is 11.8 Å². The van der Waals surface area contributed by atoms with Crippen LogP contribution in [0.25, 0.3) is 0 Å². The smallest absolute Gasteiger partial charge is 0.308 e. The third kappa shape index (κ3) is 6.29. The van der Waals surface area contributed by atoms with Crippen molar-refractivity contribution in [3.8, 4) is 0 Å². The highest BCUT2D eigenvalue weighted by Crippen LogP contribution is 2.14. The van der Waals surface area contributed by atoms with Crippen LogP contribution in [0, 0.1) is 11.8 Å². The van der Waals surface area contributed by atoms with E-state index in [1.165, 1.54) is 0 Å². The van der Waals surface area contributed by atoms with Gasteiger partial charge in [0.25, 0.3) is 0 Å².